The molecule has 246 valence electrons. The van der Waals surface area contributed by atoms with Crippen molar-refractivity contribution >= 4 is 38.3 Å². The lowest BCUT2D eigenvalue weighted by molar-refractivity contribution is -0.143. The number of nitrogens with one attached hydrogen (secondary N) is 2. The first-order valence-electron chi connectivity index (χ1n) is 16.0. The molecule has 2 aliphatic heterocycles. The van der Waals surface area contributed by atoms with E-state index in [0.717, 1.165) is 36.6 Å². The molecule has 7 nitrogen and oxygen atoms in total. The van der Waals surface area contributed by atoms with Crippen molar-refractivity contribution in [3.63, 3.8) is 0 Å². The average Bonchev–Trinajstić information content (AvgIpc) is 3.83. The van der Waals surface area contributed by atoms with Crippen LogP contribution in [0.5, 0.6) is 5.75 Å². The molecule has 2 saturated heterocycles. The number of benzene rings is 4. The van der Waals surface area contributed by atoms with Crippen LogP contribution in [0.4, 0.5) is 8.78 Å². The van der Waals surface area contributed by atoms with Gasteiger partial charge in [-0.2, -0.15) is 13.5 Å². The lowest BCUT2D eigenvalue weighted by atomic mass is 9.97. The summed E-state index contributed by atoms with van der Waals surface area (Å²) in [6.45, 7) is 1.97. The molecule has 4 aromatic carbocycles. The van der Waals surface area contributed by atoms with Gasteiger partial charge in [0, 0.05) is 36.8 Å². The topological polar surface area (TPSA) is 87.7 Å². The van der Waals surface area contributed by atoms with E-state index in [4.69, 9.17) is 16.3 Å². The molecule has 3 fully saturated rings. The van der Waals surface area contributed by atoms with Crippen molar-refractivity contribution in [3.05, 3.63) is 95.5 Å². The van der Waals surface area contributed by atoms with E-state index in [2.05, 4.69) is 10.0 Å². The minimum atomic E-state index is -4.55. The van der Waals surface area contributed by atoms with Crippen LogP contribution in [0.1, 0.15) is 31.2 Å². The number of ether oxygens (including phenoxy) is 1. The Balaban J connectivity index is 1.17. The van der Waals surface area contributed by atoms with E-state index in [1.54, 1.807) is 42.5 Å². The van der Waals surface area contributed by atoms with Gasteiger partial charge in [-0.25, -0.2) is 8.42 Å². The highest BCUT2D eigenvalue weighted by atomic mass is 35.5. The van der Waals surface area contributed by atoms with Crippen LogP contribution in [0, 0.1) is 11.8 Å². The van der Waals surface area contributed by atoms with E-state index >= 15 is 8.78 Å². The standard InChI is InChI=1S/C36H36ClF2N3O4S/c37-30-13-7-24(8-14-30)23-5-11-29(12-6-23)36(38,39)34(35(43)42-21-27-19-40-20-28(27)22-42)41-47(44,45)33-16-10-25-17-32(15-9-26(25)18-33)46-31-3-1-2-4-31/h5-18,27-28,31,34,40-41H,1-4,19-22H2/t27-,28+,34-/m1/s1. The predicted octanol–water partition coefficient (Wildman–Crippen LogP) is 6.60. The number of carbonyl (C=O) groups excluding carboxylic acids is 1. The number of hydrogen-bond donors (Lipinski definition) is 2. The Labute approximate surface area is 278 Å². The fourth-order valence-corrected chi connectivity index (χ4v) is 8.41. The molecular formula is C36H36ClF2N3O4S. The smallest absolute Gasteiger partial charge is 0.298 e. The molecule has 1 amide bonds. The third kappa shape index (κ3) is 6.61. The molecule has 1 saturated carbocycles. The highest BCUT2D eigenvalue weighted by Crippen LogP contribution is 2.37. The summed E-state index contributed by atoms with van der Waals surface area (Å²) in [6.07, 6.45) is 4.47. The Bertz CT molecular complexity index is 1870. The lowest BCUT2D eigenvalue weighted by Gasteiger charge is -2.31. The van der Waals surface area contributed by atoms with Gasteiger partial charge < -0.3 is 15.0 Å². The number of amides is 1. The van der Waals surface area contributed by atoms with Crippen LogP contribution in [-0.2, 0) is 20.7 Å². The summed E-state index contributed by atoms with van der Waals surface area (Å²) in [5.41, 5.74) is 0.992. The van der Waals surface area contributed by atoms with Crippen LogP contribution in [0.2, 0.25) is 5.02 Å². The molecule has 0 bridgehead atoms. The molecule has 3 aliphatic rings. The summed E-state index contributed by atoms with van der Waals surface area (Å²) in [6, 6.07) is 20.0. The zero-order valence-corrected chi connectivity index (χ0v) is 27.2. The van der Waals surface area contributed by atoms with Gasteiger partial charge in [-0.1, -0.05) is 60.1 Å². The van der Waals surface area contributed by atoms with Crippen molar-refractivity contribution in [2.24, 2.45) is 11.8 Å². The van der Waals surface area contributed by atoms with Crippen molar-refractivity contribution in [2.75, 3.05) is 26.2 Å². The molecule has 0 unspecified atom stereocenters. The van der Waals surface area contributed by atoms with Crippen LogP contribution < -0.4 is 14.8 Å². The summed E-state index contributed by atoms with van der Waals surface area (Å²) >= 11 is 5.99. The first kappa shape index (κ1) is 32.0. The van der Waals surface area contributed by atoms with Crippen LogP contribution >= 0.6 is 11.6 Å². The largest absolute Gasteiger partial charge is 0.490 e. The van der Waals surface area contributed by atoms with Gasteiger partial charge in [-0.3, -0.25) is 4.79 Å². The minimum absolute atomic E-state index is 0.145. The van der Waals surface area contributed by atoms with E-state index in [0.29, 0.717) is 47.9 Å². The molecule has 0 radical (unpaired) electrons. The zero-order chi connectivity index (χ0) is 32.8. The molecule has 1 aliphatic carbocycles. The van der Waals surface area contributed by atoms with E-state index in [-0.39, 0.29) is 22.8 Å². The molecule has 2 heterocycles. The summed E-state index contributed by atoms with van der Waals surface area (Å²) in [4.78, 5) is 15.1. The number of rotatable bonds is 9. The number of alkyl halides is 2. The Hall–Kier alpha value is -3.57. The molecule has 2 N–H and O–H groups in total. The molecule has 3 atom stereocenters. The van der Waals surface area contributed by atoms with Crippen LogP contribution in [0.15, 0.2) is 89.8 Å². The van der Waals surface area contributed by atoms with Gasteiger partial charge in [0.05, 0.1) is 11.0 Å². The van der Waals surface area contributed by atoms with Gasteiger partial charge in [-0.05, 0) is 95.8 Å². The second-order valence-electron chi connectivity index (χ2n) is 12.9. The van der Waals surface area contributed by atoms with Gasteiger partial charge in [0.2, 0.25) is 15.9 Å². The highest BCUT2D eigenvalue weighted by molar-refractivity contribution is 7.89. The molecule has 4 aromatic rings. The number of nitrogens with zero attached hydrogens (tertiary/aromatic N) is 1. The van der Waals surface area contributed by atoms with Gasteiger partial charge in [0.1, 0.15) is 5.75 Å². The van der Waals surface area contributed by atoms with Crippen molar-refractivity contribution in [1.29, 1.82) is 0 Å². The Kier molecular flexibility index (Phi) is 8.72. The van der Waals surface area contributed by atoms with E-state index in [1.807, 2.05) is 6.07 Å². The molecule has 47 heavy (non-hydrogen) atoms. The first-order chi connectivity index (χ1) is 22.6. The summed E-state index contributed by atoms with van der Waals surface area (Å²) in [5, 5.41) is 5.20. The van der Waals surface area contributed by atoms with Crippen molar-refractivity contribution in [2.45, 2.75) is 48.6 Å². The maximum absolute atomic E-state index is 16.5. The maximum Gasteiger partial charge on any atom is 0.298 e. The fraction of sp³-hybridized carbons (Fsp3) is 0.361. The van der Waals surface area contributed by atoms with Gasteiger partial charge in [0.15, 0.2) is 6.04 Å². The van der Waals surface area contributed by atoms with E-state index in [1.165, 1.54) is 41.3 Å². The number of sulfonamides is 1. The number of fused-ring (bicyclic) bond motifs is 2. The summed E-state index contributed by atoms with van der Waals surface area (Å²) < 4.78 is 68.8. The van der Waals surface area contributed by atoms with Gasteiger partial charge >= 0.3 is 0 Å². The minimum Gasteiger partial charge on any atom is -0.490 e. The normalized spacial score (nSPS) is 20.9. The highest BCUT2D eigenvalue weighted by Gasteiger charge is 2.51. The third-order valence-corrected chi connectivity index (χ3v) is 11.4. The van der Waals surface area contributed by atoms with Crippen molar-refractivity contribution in [1.82, 2.24) is 14.9 Å². The lowest BCUT2D eigenvalue weighted by Crippen LogP contribution is -2.56. The van der Waals surface area contributed by atoms with Crippen molar-refractivity contribution in [3.8, 4) is 16.9 Å². The fourth-order valence-electron chi connectivity index (χ4n) is 7.06. The number of likely N-dealkylation sites (tertiary alicyclic amines) is 1. The maximum atomic E-state index is 16.5. The molecule has 0 aromatic heterocycles. The molecular weight excluding hydrogens is 644 g/mol. The molecule has 0 spiro atoms. The Morgan fingerprint density at radius 2 is 1.47 bits per heavy atom. The monoisotopic (exact) mass is 679 g/mol. The second kappa shape index (κ2) is 12.8. The van der Waals surface area contributed by atoms with E-state index in [9.17, 15) is 13.2 Å². The van der Waals surface area contributed by atoms with Crippen LogP contribution in [-0.4, -0.2) is 57.5 Å². The van der Waals surface area contributed by atoms with Gasteiger partial charge in [-0.15, -0.1) is 0 Å². The van der Waals surface area contributed by atoms with Gasteiger partial charge in [0.25, 0.3) is 5.92 Å². The number of halogens is 3. The Morgan fingerprint density at radius 3 is 2.13 bits per heavy atom. The zero-order valence-electron chi connectivity index (χ0n) is 25.7. The van der Waals surface area contributed by atoms with E-state index < -0.39 is 33.5 Å². The summed E-state index contributed by atoms with van der Waals surface area (Å²) in [5.74, 6) is -3.81. The molecule has 11 heteroatoms. The van der Waals surface area contributed by atoms with Crippen molar-refractivity contribution < 1.29 is 26.7 Å². The third-order valence-electron chi connectivity index (χ3n) is 9.73. The predicted molar refractivity (Wildman–Crippen MR) is 178 cm³/mol. The summed E-state index contributed by atoms with van der Waals surface area (Å²) in [7, 11) is -4.55. The van der Waals surface area contributed by atoms with Crippen LogP contribution in [0.25, 0.3) is 21.9 Å². The SMILES string of the molecule is O=C([C@@H](NS(=O)(=O)c1ccc2cc(OC3CCCC3)ccc2c1)C(F)(F)c1ccc(-c2ccc(Cl)cc2)cc1)N1C[C@H]2CNC[C@H]2C1. The second-order valence-corrected chi connectivity index (χ2v) is 15.0. The first-order valence-corrected chi connectivity index (χ1v) is 17.9. The average molecular weight is 680 g/mol. The van der Waals surface area contributed by atoms with Crippen LogP contribution in [0.3, 0.4) is 0 Å². The molecule has 7 rings (SSSR count). The quantitative estimate of drug-likeness (QED) is 0.208. The number of carbonyl (C=O) groups is 1. The number of hydrogen-bond acceptors (Lipinski definition) is 5. The Morgan fingerprint density at radius 1 is 0.872 bits per heavy atom.